The number of amides is 1. The summed E-state index contributed by atoms with van der Waals surface area (Å²) in [5.41, 5.74) is 2.71. The number of piperazine rings is 1. The second-order valence-electron chi connectivity index (χ2n) is 6.89. The minimum Gasteiger partial charge on any atom is -0.340 e. The molecule has 0 aliphatic carbocycles. The summed E-state index contributed by atoms with van der Waals surface area (Å²) in [4.78, 5) is 21.1. The third kappa shape index (κ3) is 4.91. The van der Waals surface area contributed by atoms with Gasteiger partial charge >= 0.3 is 0 Å². The van der Waals surface area contributed by atoms with Gasteiger partial charge in [-0.3, -0.25) is 9.69 Å². The molecule has 1 amide bonds. The minimum absolute atomic E-state index is 0.232. The molecule has 1 aromatic carbocycles. The average Bonchev–Trinajstić information content (AvgIpc) is 3.12. The van der Waals surface area contributed by atoms with E-state index < -0.39 is 0 Å². The Morgan fingerprint density at radius 2 is 1.96 bits per heavy atom. The second-order valence-corrected chi connectivity index (χ2v) is 6.89. The molecule has 1 saturated heterocycles. The van der Waals surface area contributed by atoms with E-state index in [2.05, 4.69) is 46.2 Å². The van der Waals surface area contributed by atoms with Gasteiger partial charge < -0.3 is 9.42 Å². The van der Waals surface area contributed by atoms with Crippen LogP contribution in [-0.4, -0.2) is 52.0 Å². The van der Waals surface area contributed by atoms with Gasteiger partial charge in [0.15, 0.2) is 5.82 Å². The van der Waals surface area contributed by atoms with Gasteiger partial charge in [-0.25, -0.2) is 0 Å². The van der Waals surface area contributed by atoms with Crippen molar-refractivity contribution in [2.75, 3.05) is 26.2 Å². The van der Waals surface area contributed by atoms with Gasteiger partial charge in [-0.05, 0) is 24.5 Å². The summed E-state index contributed by atoms with van der Waals surface area (Å²) >= 11 is 0. The molecule has 0 unspecified atom stereocenters. The Labute approximate surface area is 155 Å². The molecule has 26 heavy (non-hydrogen) atoms. The summed E-state index contributed by atoms with van der Waals surface area (Å²) in [5, 5.41) is 3.88. The van der Waals surface area contributed by atoms with Gasteiger partial charge in [-0.2, -0.15) is 4.98 Å². The molecule has 6 nitrogen and oxygen atoms in total. The molecule has 3 rings (SSSR count). The van der Waals surface area contributed by atoms with E-state index in [0.717, 1.165) is 51.4 Å². The normalized spacial score (nSPS) is 15.4. The lowest BCUT2D eigenvalue weighted by Gasteiger charge is -2.35. The molecule has 0 bridgehead atoms. The number of rotatable bonds is 7. The van der Waals surface area contributed by atoms with Crippen LogP contribution >= 0.6 is 0 Å². The maximum atomic E-state index is 12.4. The summed E-state index contributed by atoms with van der Waals surface area (Å²) in [6, 6.07) is 8.51. The Bertz CT molecular complexity index is 720. The summed E-state index contributed by atoms with van der Waals surface area (Å²) in [5.74, 6) is 1.60. The van der Waals surface area contributed by atoms with E-state index in [1.807, 2.05) is 11.8 Å². The van der Waals surface area contributed by atoms with Gasteiger partial charge in [-0.1, -0.05) is 36.3 Å². The molecule has 1 aliphatic heterocycles. The number of carbonyl (C=O) groups excluding carboxylic acids is 1. The van der Waals surface area contributed by atoms with Crippen LogP contribution in [0.2, 0.25) is 0 Å². The number of carbonyl (C=O) groups is 1. The Morgan fingerprint density at radius 1 is 1.19 bits per heavy atom. The van der Waals surface area contributed by atoms with Crippen LogP contribution in [0, 0.1) is 6.92 Å². The predicted molar refractivity (Wildman–Crippen MR) is 99.7 cm³/mol. The van der Waals surface area contributed by atoms with E-state index in [0.29, 0.717) is 18.7 Å². The highest BCUT2D eigenvalue weighted by molar-refractivity contribution is 5.76. The van der Waals surface area contributed by atoms with Crippen molar-refractivity contribution in [2.45, 2.75) is 46.1 Å². The third-order valence-corrected chi connectivity index (χ3v) is 4.99. The zero-order valence-electron chi connectivity index (χ0n) is 15.8. The Balaban J connectivity index is 1.38. The summed E-state index contributed by atoms with van der Waals surface area (Å²) in [6.07, 6.45) is 2.75. The number of aromatic nitrogens is 2. The van der Waals surface area contributed by atoms with Crippen molar-refractivity contribution >= 4 is 5.91 Å². The number of benzene rings is 1. The number of hydrogen-bond acceptors (Lipinski definition) is 5. The molecule has 1 aliphatic rings. The van der Waals surface area contributed by atoms with E-state index in [1.165, 1.54) is 11.1 Å². The summed E-state index contributed by atoms with van der Waals surface area (Å²) in [6.45, 7) is 8.61. The predicted octanol–water partition coefficient (Wildman–Crippen LogP) is 2.61. The van der Waals surface area contributed by atoms with Crippen molar-refractivity contribution in [3.8, 4) is 0 Å². The molecule has 1 fully saturated rings. The molecular weight excluding hydrogens is 328 g/mol. The molecule has 2 heterocycles. The van der Waals surface area contributed by atoms with Crippen molar-refractivity contribution in [1.82, 2.24) is 19.9 Å². The van der Waals surface area contributed by atoms with E-state index in [1.54, 1.807) is 0 Å². The monoisotopic (exact) mass is 356 g/mol. The molecule has 0 spiro atoms. The van der Waals surface area contributed by atoms with E-state index in [9.17, 15) is 4.79 Å². The third-order valence-electron chi connectivity index (χ3n) is 4.99. The standard InChI is InChI=1S/C20H28N4O2/c1-3-18-21-19(26-22-18)9-6-10-20(25)24-13-11-23(12-14-24)15-17-8-5-4-7-16(17)2/h4-5,7-8H,3,6,9-15H2,1-2H3. The number of aryl methyl sites for hydroxylation is 3. The maximum Gasteiger partial charge on any atom is 0.226 e. The Morgan fingerprint density at radius 3 is 2.65 bits per heavy atom. The van der Waals surface area contributed by atoms with Gasteiger partial charge in [0.1, 0.15) is 0 Å². The number of hydrogen-bond donors (Lipinski definition) is 0. The van der Waals surface area contributed by atoms with Crippen molar-refractivity contribution in [2.24, 2.45) is 0 Å². The van der Waals surface area contributed by atoms with E-state index >= 15 is 0 Å². The SMILES string of the molecule is CCc1noc(CCCC(=O)N2CCN(Cc3ccccc3C)CC2)n1. The zero-order valence-corrected chi connectivity index (χ0v) is 15.8. The topological polar surface area (TPSA) is 62.5 Å². The first-order chi connectivity index (χ1) is 12.7. The van der Waals surface area contributed by atoms with Gasteiger partial charge in [-0.15, -0.1) is 0 Å². The molecule has 0 saturated carbocycles. The van der Waals surface area contributed by atoms with Crippen LogP contribution in [-0.2, 0) is 24.2 Å². The van der Waals surface area contributed by atoms with Crippen LogP contribution < -0.4 is 0 Å². The largest absolute Gasteiger partial charge is 0.340 e. The van der Waals surface area contributed by atoms with Crippen LogP contribution in [0.1, 0.15) is 42.6 Å². The van der Waals surface area contributed by atoms with Crippen molar-refractivity contribution in [3.05, 3.63) is 47.1 Å². The molecule has 6 heteroatoms. The van der Waals surface area contributed by atoms with Crippen LogP contribution in [0.15, 0.2) is 28.8 Å². The molecule has 2 aromatic rings. The van der Waals surface area contributed by atoms with Gasteiger partial charge in [0.25, 0.3) is 0 Å². The Kier molecular flexibility index (Phi) is 6.39. The quantitative estimate of drug-likeness (QED) is 0.763. The fourth-order valence-corrected chi connectivity index (χ4v) is 3.27. The molecule has 0 atom stereocenters. The minimum atomic E-state index is 0.232. The van der Waals surface area contributed by atoms with Crippen molar-refractivity contribution < 1.29 is 9.32 Å². The highest BCUT2D eigenvalue weighted by Gasteiger charge is 2.21. The van der Waals surface area contributed by atoms with Crippen LogP contribution in [0.4, 0.5) is 0 Å². The van der Waals surface area contributed by atoms with Gasteiger partial charge in [0.2, 0.25) is 11.8 Å². The van der Waals surface area contributed by atoms with Crippen molar-refractivity contribution in [1.29, 1.82) is 0 Å². The van der Waals surface area contributed by atoms with Gasteiger partial charge in [0, 0.05) is 52.0 Å². The zero-order chi connectivity index (χ0) is 18.4. The highest BCUT2D eigenvalue weighted by atomic mass is 16.5. The molecule has 0 radical (unpaired) electrons. The lowest BCUT2D eigenvalue weighted by molar-refractivity contribution is -0.133. The maximum absolute atomic E-state index is 12.4. The summed E-state index contributed by atoms with van der Waals surface area (Å²) in [7, 11) is 0. The lowest BCUT2D eigenvalue weighted by Crippen LogP contribution is -2.48. The lowest BCUT2D eigenvalue weighted by atomic mass is 10.1. The molecule has 0 N–H and O–H groups in total. The van der Waals surface area contributed by atoms with E-state index in [4.69, 9.17) is 4.52 Å². The van der Waals surface area contributed by atoms with Crippen LogP contribution in [0.5, 0.6) is 0 Å². The van der Waals surface area contributed by atoms with Crippen LogP contribution in [0.3, 0.4) is 0 Å². The molecular formula is C20H28N4O2. The fourth-order valence-electron chi connectivity index (χ4n) is 3.27. The van der Waals surface area contributed by atoms with Gasteiger partial charge in [0.05, 0.1) is 0 Å². The first kappa shape index (κ1) is 18.6. The smallest absolute Gasteiger partial charge is 0.226 e. The first-order valence-electron chi connectivity index (χ1n) is 9.52. The Hall–Kier alpha value is -2.21. The first-order valence-corrected chi connectivity index (χ1v) is 9.52. The molecule has 1 aromatic heterocycles. The fraction of sp³-hybridized carbons (Fsp3) is 0.550. The summed E-state index contributed by atoms with van der Waals surface area (Å²) < 4.78 is 5.17. The van der Waals surface area contributed by atoms with Crippen molar-refractivity contribution in [3.63, 3.8) is 0 Å². The van der Waals surface area contributed by atoms with Crippen LogP contribution in [0.25, 0.3) is 0 Å². The van der Waals surface area contributed by atoms with E-state index in [-0.39, 0.29) is 5.91 Å². The molecule has 140 valence electrons. The average molecular weight is 356 g/mol. The highest BCUT2D eigenvalue weighted by Crippen LogP contribution is 2.13. The number of nitrogens with zero attached hydrogens (tertiary/aromatic N) is 4. The second kappa shape index (κ2) is 8.94.